The molecule has 0 saturated heterocycles. The van der Waals surface area contributed by atoms with Crippen molar-refractivity contribution in [2.24, 2.45) is 0 Å². The second kappa shape index (κ2) is 13.7. The second-order valence-electron chi connectivity index (χ2n) is 14.4. The van der Waals surface area contributed by atoms with Crippen LogP contribution in [0.2, 0.25) is 0 Å². The van der Waals surface area contributed by atoms with Crippen LogP contribution in [0.5, 0.6) is 0 Å². The lowest BCUT2D eigenvalue weighted by Crippen LogP contribution is -2.70. The van der Waals surface area contributed by atoms with Crippen LogP contribution in [0.1, 0.15) is 114 Å². The molecule has 11 heteroatoms. The molecule has 0 spiro atoms. The maximum atomic E-state index is 14.3. The van der Waals surface area contributed by atoms with Crippen molar-refractivity contribution in [1.29, 1.82) is 0 Å². The maximum absolute atomic E-state index is 14.3. The van der Waals surface area contributed by atoms with Crippen molar-refractivity contribution in [1.82, 2.24) is 26.2 Å². The number of aliphatic hydroxyl groups excluding tert-OH is 1. The first-order valence-corrected chi connectivity index (χ1v) is 17.2. The molecule has 252 valence electrons. The smallest absolute Gasteiger partial charge is 0.247 e. The first-order valence-electron chi connectivity index (χ1n) is 17.2. The van der Waals surface area contributed by atoms with Gasteiger partial charge in [-0.2, -0.15) is 0 Å². The monoisotopic (exact) mass is 637 g/mol. The number of benzene rings is 1. The van der Waals surface area contributed by atoms with Gasteiger partial charge in [-0.25, -0.2) is 0 Å². The van der Waals surface area contributed by atoms with Gasteiger partial charge in [-0.3, -0.25) is 24.0 Å². The average molecular weight is 638 g/mol. The molecule has 4 aliphatic rings. The predicted octanol–water partition coefficient (Wildman–Crippen LogP) is 2.57. The van der Waals surface area contributed by atoms with E-state index in [2.05, 4.69) is 21.3 Å². The van der Waals surface area contributed by atoms with Gasteiger partial charge in [-0.05, 0) is 56.9 Å². The van der Waals surface area contributed by atoms with E-state index < -0.39 is 46.5 Å². The number of nitrogens with one attached hydrogen (secondary N) is 4. The Bertz CT molecular complexity index is 1290. The Balaban J connectivity index is 1.34. The molecule has 46 heavy (non-hydrogen) atoms. The normalized spacial score (nSPS) is 22.8. The van der Waals surface area contributed by atoms with Gasteiger partial charge < -0.3 is 31.3 Å². The maximum Gasteiger partial charge on any atom is 0.247 e. The van der Waals surface area contributed by atoms with E-state index in [0.29, 0.717) is 56.9 Å². The Kier molecular flexibility index (Phi) is 10.1. The van der Waals surface area contributed by atoms with Gasteiger partial charge in [0.1, 0.15) is 22.2 Å². The second-order valence-corrected chi connectivity index (χ2v) is 14.4. The number of amides is 5. The predicted molar refractivity (Wildman–Crippen MR) is 172 cm³/mol. The van der Waals surface area contributed by atoms with Crippen molar-refractivity contribution < 1.29 is 29.1 Å². The Morgan fingerprint density at radius 3 is 1.33 bits per heavy atom. The standard InChI is InChI=1S/C35H51N5O6/c1-40(2)31(46)35(22-12-13-23-35)39-30(45)34(20-10-11-21-34)38-29(44)33(18-8-9-19-33)37-28(43)32(16-6-7-17-32)36-27(42)26(24-41)25-14-4-3-5-15-25/h3-5,14-15,26,41H,6-13,16-24H2,1-2H3,(H,36,42)(H,37,43)(H,38,44)(H,39,45). The van der Waals surface area contributed by atoms with E-state index in [1.165, 1.54) is 4.90 Å². The minimum atomic E-state index is -1.21. The fourth-order valence-corrected chi connectivity index (χ4v) is 8.32. The van der Waals surface area contributed by atoms with E-state index in [1.54, 1.807) is 38.4 Å². The summed E-state index contributed by atoms with van der Waals surface area (Å²) in [6, 6.07) is 9.00. The van der Waals surface area contributed by atoms with Crippen LogP contribution in [0, 0.1) is 0 Å². The molecule has 0 heterocycles. The number of carbonyl (C=O) groups excluding carboxylic acids is 5. The van der Waals surface area contributed by atoms with E-state index in [-0.39, 0.29) is 17.7 Å². The van der Waals surface area contributed by atoms with Gasteiger partial charge in [0.05, 0.1) is 12.5 Å². The molecule has 11 nitrogen and oxygen atoms in total. The Morgan fingerprint density at radius 1 is 0.609 bits per heavy atom. The summed E-state index contributed by atoms with van der Waals surface area (Å²) in [6.07, 6.45) is 9.99. The Labute approximate surface area is 272 Å². The minimum absolute atomic E-state index is 0.128. The summed E-state index contributed by atoms with van der Waals surface area (Å²) >= 11 is 0. The van der Waals surface area contributed by atoms with Gasteiger partial charge >= 0.3 is 0 Å². The van der Waals surface area contributed by atoms with Crippen molar-refractivity contribution in [2.45, 2.75) is 131 Å². The van der Waals surface area contributed by atoms with Gasteiger partial charge in [0.2, 0.25) is 29.5 Å². The van der Waals surface area contributed by atoms with E-state index in [9.17, 15) is 29.1 Å². The van der Waals surface area contributed by atoms with Crippen molar-refractivity contribution in [2.75, 3.05) is 20.7 Å². The first kappa shape index (κ1) is 33.9. The summed E-state index contributed by atoms with van der Waals surface area (Å²) in [6.45, 7) is -0.397. The van der Waals surface area contributed by atoms with Gasteiger partial charge in [0.25, 0.3) is 0 Å². The third kappa shape index (κ3) is 6.52. The summed E-state index contributed by atoms with van der Waals surface area (Å²) in [5.41, 5.74) is -3.89. The van der Waals surface area contributed by atoms with Crippen molar-refractivity contribution >= 4 is 29.5 Å². The number of aliphatic hydroxyl groups is 1. The molecule has 1 aromatic rings. The Hall–Kier alpha value is -3.47. The lowest BCUT2D eigenvalue weighted by atomic mass is 9.87. The van der Waals surface area contributed by atoms with Crippen LogP contribution in [-0.2, 0) is 24.0 Å². The number of carbonyl (C=O) groups is 5. The zero-order chi connectivity index (χ0) is 33.0. The fraction of sp³-hybridized carbons (Fsp3) is 0.686. The molecule has 5 N–H and O–H groups in total. The molecule has 0 bridgehead atoms. The molecular formula is C35H51N5O6. The van der Waals surface area contributed by atoms with E-state index in [0.717, 1.165) is 51.4 Å². The molecule has 5 rings (SSSR count). The van der Waals surface area contributed by atoms with E-state index in [4.69, 9.17) is 0 Å². The molecule has 4 aliphatic carbocycles. The summed E-state index contributed by atoms with van der Waals surface area (Å²) in [5, 5.41) is 22.4. The summed E-state index contributed by atoms with van der Waals surface area (Å²) in [5.74, 6) is -2.48. The molecule has 1 unspecified atom stereocenters. The SMILES string of the molecule is CN(C)C(=O)C1(NC(=O)C2(NC(=O)C3(NC(=O)C4(NC(=O)C(CO)c5ccccc5)CCCC4)CCCC3)CCCC2)CCCC1. The van der Waals surface area contributed by atoms with Gasteiger partial charge in [0, 0.05) is 14.1 Å². The summed E-state index contributed by atoms with van der Waals surface area (Å²) in [4.78, 5) is 70.8. The Morgan fingerprint density at radius 2 is 0.957 bits per heavy atom. The molecule has 5 amide bonds. The van der Waals surface area contributed by atoms with Crippen molar-refractivity contribution in [3.05, 3.63) is 35.9 Å². The first-order chi connectivity index (χ1) is 22.0. The highest BCUT2D eigenvalue weighted by molar-refractivity contribution is 6.01. The molecule has 4 saturated carbocycles. The van der Waals surface area contributed by atoms with Crippen LogP contribution < -0.4 is 21.3 Å². The van der Waals surface area contributed by atoms with Crippen molar-refractivity contribution in [3.63, 3.8) is 0 Å². The number of rotatable bonds is 11. The molecule has 0 aliphatic heterocycles. The molecule has 4 fully saturated rings. The highest BCUT2D eigenvalue weighted by Gasteiger charge is 2.54. The zero-order valence-electron chi connectivity index (χ0n) is 27.4. The van der Waals surface area contributed by atoms with Gasteiger partial charge in [-0.15, -0.1) is 0 Å². The minimum Gasteiger partial charge on any atom is -0.395 e. The van der Waals surface area contributed by atoms with Gasteiger partial charge in [-0.1, -0.05) is 81.7 Å². The largest absolute Gasteiger partial charge is 0.395 e. The number of likely N-dealkylation sites (N-methyl/N-ethyl adjacent to an activating group) is 1. The summed E-state index contributed by atoms with van der Waals surface area (Å²) < 4.78 is 0. The van der Waals surface area contributed by atoms with Crippen LogP contribution in [0.4, 0.5) is 0 Å². The fourth-order valence-electron chi connectivity index (χ4n) is 8.32. The number of nitrogens with zero attached hydrogens (tertiary/aromatic N) is 1. The third-order valence-electron chi connectivity index (χ3n) is 11.1. The van der Waals surface area contributed by atoms with Gasteiger partial charge in [0.15, 0.2) is 0 Å². The number of hydrogen-bond acceptors (Lipinski definition) is 6. The highest BCUT2D eigenvalue weighted by Crippen LogP contribution is 2.38. The van der Waals surface area contributed by atoms with E-state index >= 15 is 0 Å². The zero-order valence-corrected chi connectivity index (χ0v) is 27.4. The average Bonchev–Trinajstić information content (AvgIpc) is 3.87. The highest BCUT2D eigenvalue weighted by atomic mass is 16.3. The molecule has 0 radical (unpaired) electrons. The lowest BCUT2D eigenvalue weighted by Gasteiger charge is -2.40. The quantitative estimate of drug-likeness (QED) is 0.251. The molecule has 1 atom stereocenters. The molecule has 0 aromatic heterocycles. The summed E-state index contributed by atoms with van der Waals surface area (Å²) in [7, 11) is 3.39. The van der Waals surface area contributed by atoms with Crippen LogP contribution in [-0.4, -0.2) is 82.4 Å². The van der Waals surface area contributed by atoms with Crippen molar-refractivity contribution in [3.8, 4) is 0 Å². The topological polar surface area (TPSA) is 157 Å². The van der Waals surface area contributed by atoms with Crippen LogP contribution >= 0.6 is 0 Å². The molecular weight excluding hydrogens is 586 g/mol. The number of hydrogen-bond donors (Lipinski definition) is 5. The van der Waals surface area contributed by atoms with E-state index in [1.807, 2.05) is 6.07 Å². The lowest BCUT2D eigenvalue weighted by molar-refractivity contribution is -0.144. The van der Waals surface area contributed by atoms with Crippen LogP contribution in [0.15, 0.2) is 30.3 Å². The van der Waals surface area contributed by atoms with Crippen LogP contribution in [0.25, 0.3) is 0 Å². The third-order valence-corrected chi connectivity index (χ3v) is 11.1. The molecule has 1 aromatic carbocycles. The van der Waals surface area contributed by atoms with Crippen LogP contribution in [0.3, 0.4) is 0 Å².